The van der Waals surface area contributed by atoms with Crippen LogP contribution in [0.25, 0.3) is 0 Å². The average molecular weight is 337 g/mol. The number of esters is 1. The maximum Gasteiger partial charge on any atom is 0.308 e. The molecule has 126 valence electrons. The first-order valence-corrected chi connectivity index (χ1v) is 9.13. The minimum Gasteiger partial charge on any atom is -0.462 e. The molecule has 0 spiro atoms. The molecule has 1 aliphatic carbocycles. The summed E-state index contributed by atoms with van der Waals surface area (Å²) in [4.78, 5) is 11.8. The zero-order valence-corrected chi connectivity index (χ0v) is 14.2. The first kappa shape index (κ1) is 16.8. The molecule has 2 fully saturated rings. The van der Waals surface area contributed by atoms with E-state index < -0.39 is 6.10 Å². The summed E-state index contributed by atoms with van der Waals surface area (Å²) >= 11 is 6.43. The first-order valence-electron chi connectivity index (χ1n) is 8.75. The molecule has 3 atom stereocenters. The summed E-state index contributed by atoms with van der Waals surface area (Å²) in [5.41, 5.74) is 1.05. The van der Waals surface area contributed by atoms with E-state index in [0.29, 0.717) is 12.3 Å². The van der Waals surface area contributed by atoms with Crippen LogP contribution in [0.15, 0.2) is 24.3 Å². The molecule has 0 aromatic heterocycles. The minimum atomic E-state index is -0.599. The summed E-state index contributed by atoms with van der Waals surface area (Å²) in [5.74, 6) is 0.433. The van der Waals surface area contributed by atoms with Gasteiger partial charge in [0.1, 0.15) is 6.10 Å². The molecule has 1 aliphatic heterocycles. The highest BCUT2D eigenvalue weighted by Crippen LogP contribution is 2.40. The quantitative estimate of drug-likeness (QED) is 0.826. The van der Waals surface area contributed by atoms with Crippen LogP contribution in [0, 0.1) is 5.92 Å². The molecule has 4 heteroatoms. The van der Waals surface area contributed by atoms with Crippen molar-refractivity contribution in [3.05, 3.63) is 34.9 Å². The van der Waals surface area contributed by atoms with E-state index in [4.69, 9.17) is 16.3 Å². The van der Waals surface area contributed by atoms with Crippen LogP contribution in [-0.4, -0.2) is 23.3 Å². The number of carbonyl (C=O) groups is 1. The van der Waals surface area contributed by atoms with E-state index in [9.17, 15) is 9.90 Å². The van der Waals surface area contributed by atoms with Crippen LogP contribution in [0.1, 0.15) is 62.8 Å². The summed E-state index contributed by atoms with van der Waals surface area (Å²) in [6.07, 6.45) is 7.10. The van der Waals surface area contributed by atoms with Gasteiger partial charge in [-0.25, -0.2) is 0 Å². The van der Waals surface area contributed by atoms with Crippen molar-refractivity contribution in [2.45, 2.75) is 69.5 Å². The summed E-state index contributed by atoms with van der Waals surface area (Å²) in [7, 11) is 0. The van der Waals surface area contributed by atoms with Crippen LogP contribution in [0.3, 0.4) is 0 Å². The predicted molar refractivity (Wildman–Crippen MR) is 90.5 cm³/mol. The van der Waals surface area contributed by atoms with Gasteiger partial charge in [-0.15, -0.1) is 0 Å². The third-order valence-electron chi connectivity index (χ3n) is 5.25. The van der Waals surface area contributed by atoms with Crippen molar-refractivity contribution in [2.75, 3.05) is 0 Å². The second kappa shape index (κ2) is 7.67. The van der Waals surface area contributed by atoms with Gasteiger partial charge < -0.3 is 9.84 Å². The number of aliphatic hydroxyl groups is 1. The Labute approximate surface area is 143 Å². The Balaban J connectivity index is 1.83. The van der Waals surface area contributed by atoms with Gasteiger partial charge >= 0.3 is 5.97 Å². The van der Waals surface area contributed by atoms with Gasteiger partial charge in [0.05, 0.1) is 12.5 Å². The molecule has 1 heterocycles. The number of rotatable bonds is 4. The van der Waals surface area contributed by atoms with E-state index in [-0.39, 0.29) is 24.4 Å². The van der Waals surface area contributed by atoms with Gasteiger partial charge in [0.15, 0.2) is 0 Å². The summed E-state index contributed by atoms with van der Waals surface area (Å²) < 4.78 is 5.61. The summed E-state index contributed by atoms with van der Waals surface area (Å²) in [6.45, 7) is 0. The molecule has 0 amide bonds. The number of aliphatic hydroxyl groups excluding tert-OH is 1. The summed E-state index contributed by atoms with van der Waals surface area (Å²) in [5, 5.41) is 10.7. The second-order valence-electron chi connectivity index (χ2n) is 6.99. The number of cyclic esters (lactones) is 1. The van der Waals surface area contributed by atoms with E-state index in [1.807, 2.05) is 24.3 Å². The Kier molecular flexibility index (Phi) is 5.60. The lowest BCUT2D eigenvalue weighted by atomic mass is 9.77. The number of hydrogen-bond donors (Lipinski definition) is 1. The van der Waals surface area contributed by atoms with Crippen LogP contribution in [0.2, 0.25) is 5.02 Å². The lowest BCUT2D eigenvalue weighted by Gasteiger charge is -2.35. The van der Waals surface area contributed by atoms with Gasteiger partial charge in [-0.1, -0.05) is 61.9 Å². The van der Waals surface area contributed by atoms with E-state index >= 15 is 0 Å². The molecule has 1 saturated carbocycles. The average Bonchev–Trinajstić information content (AvgIpc) is 2.53. The SMILES string of the molecule is O=C1CC(O)CC(C(CC2CCCCC2)c2ccccc2Cl)O1. The van der Waals surface area contributed by atoms with Crippen LogP contribution in [0.5, 0.6) is 0 Å². The number of benzene rings is 1. The Morgan fingerprint density at radius 3 is 2.65 bits per heavy atom. The molecular weight excluding hydrogens is 312 g/mol. The van der Waals surface area contributed by atoms with Gasteiger partial charge in [-0.2, -0.15) is 0 Å². The van der Waals surface area contributed by atoms with Crippen molar-refractivity contribution < 1.29 is 14.6 Å². The standard InChI is InChI=1S/C19H25ClO3/c20-17-9-5-4-8-15(17)16(10-13-6-2-1-3-7-13)18-11-14(21)12-19(22)23-18/h4-5,8-9,13-14,16,18,21H,1-3,6-7,10-12H2. The highest BCUT2D eigenvalue weighted by Gasteiger charge is 2.36. The normalized spacial score (nSPS) is 27.5. The first-order chi connectivity index (χ1) is 11.1. The number of carbonyl (C=O) groups excluding carboxylic acids is 1. The highest BCUT2D eigenvalue weighted by atomic mass is 35.5. The van der Waals surface area contributed by atoms with E-state index in [1.54, 1.807) is 0 Å². The van der Waals surface area contributed by atoms with E-state index in [2.05, 4.69) is 0 Å². The third-order valence-corrected chi connectivity index (χ3v) is 5.60. The Morgan fingerprint density at radius 1 is 1.22 bits per heavy atom. The molecule has 1 aromatic carbocycles. The van der Waals surface area contributed by atoms with Gasteiger partial charge in [0.25, 0.3) is 0 Å². The smallest absolute Gasteiger partial charge is 0.308 e. The molecule has 0 radical (unpaired) electrons. The van der Waals surface area contributed by atoms with Crippen molar-refractivity contribution in [3.63, 3.8) is 0 Å². The number of halogens is 1. The largest absolute Gasteiger partial charge is 0.462 e. The number of ether oxygens (including phenoxy) is 1. The number of hydrogen-bond acceptors (Lipinski definition) is 3. The molecule has 3 rings (SSSR count). The van der Waals surface area contributed by atoms with Crippen molar-refractivity contribution in [1.82, 2.24) is 0 Å². The fraction of sp³-hybridized carbons (Fsp3) is 0.632. The Hall–Kier alpha value is -1.06. The maximum absolute atomic E-state index is 11.8. The second-order valence-corrected chi connectivity index (χ2v) is 7.40. The van der Waals surface area contributed by atoms with Gasteiger partial charge in [-0.3, -0.25) is 4.79 Å². The molecule has 0 bridgehead atoms. The summed E-state index contributed by atoms with van der Waals surface area (Å²) in [6, 6.07) is 7.83. The van der Waals surface area contributed by atoms with Crippen molar-refractivity contribution in [3.8, 4) is 0 Å². The molecule has 1 aromatic rings. The lowest BCUT2D eigenvalue weighted by molar-refractivity contribution is -0.162. The Bertz CT molecular complexity index is 539. The topological polar surface area (TPSA) is 46.5 Å². The third kappa shape index (κ3) is 4.27. The van der Waals surface area contributed by atoms with Crippen LogP contribution in [-0.2, 0) is 9.53 Å². The van der Waals surface area contributed by atoms with Crippen LogP contribution >= 0.6 is 11.6 Å². The molecule has 3 unspecified atom stereocenters. The monoisotopic (exact) mass is 336 g/mol. The maximum atomic E-state index is 11.8. The zero-order chi connectivity index (χ0) is 16.2. The fourth-order valence-corrected chi connectivity index (χ4v) is 4.37. The Morgan fingerprint density at radius 2 is 1.96 bits per heavy atom. The predicted octanol–water partition coefficient (Wildman–Crippen LogP) is 4.46. The zero-order valence-electron chi connectivity index (χ0n) is 13.4. The van der Waals surface area contributed by atoms with Crippen LogP contribution in [0.4, 0.5) is 0 Å². The molecular formula is C19H25ClO3. The molecule has 3 nitrogen and oxygen atoms in total. The minimum absolute atomic E-state index is 0.0747. The van der Waals surface area contributed by atoms with Crippen molar-refractivity contribution >= 4 is 17.6 Å². The van der Waals surface area contributed by atoms with Crippen molar-refractivity contribution in [2.24, 2.45) is 5.92 Å². The molecule has 1 N–H and O–H groups in total. The highest BCUT2D eigenvalue weighted by molar-refractivity contribution is 6.31. The molecule has 23 heavy (non-hydrogen) atoms. The molecule has 2 aliphatic rings. The lowest BCUT2D eigenvalue weighted by Crippen LogP contribution is -2.37. The fourth-order valence-electron chi connectivity index (χ4n) is 4.09. The van der Waals surface area contributed by atoms with Gasteiger partial charge in [0.2, 0.25) is 0 Å². The molecule has 1 saturated heterocycles. The van der Waals surface area contributed by atoms with Crippen LogP contribution < -0.4 is 0 Å². The van der Waals surface area contributed by atoms with E-state index in [1.165, 1.54) is 32.1 Å². The van der Waals surface area contributed by atoms with Gasteiger partial charge in [-0.05, 0) is 24.0 Å². The van der Waals surface area contributed by atoms with E-state index in [0.717, 1.165) is 17.0 Å². The van der Waals surface area contributed by atoms with Crippen molar-refractivity contribution in [1.29, 1.82) is 0 Å². The van der Waals surface area contributed by atoms with Gasteiger partial charge in [0, 0.05) is 17.4 Å².